The Morgan fingerprint density at radius 2 is 0.462 bits per heavy atom. The van der Waals surface area contributed by atoms with E-state index in [-0.39, 0.29) is 0 Å². The minimum atomic E-state index is 1.12. The Balaban J connectivity index is 0.000000151. The van der Waals surface area contributed by atoms with E-state index >= 15 is 0 Å². The van der Waals surface area contributed by atoms with Crippen LogP contribution >= 0.6 is 0 Å². The van der Waals surface area contributed by atoms with E-state index in [1.54, 1.807) is 64.2 Å². The summed E-state index contributed by atoms with van der Waals surface area (Å²) < 4.78 is 0. The van der Waals surface area contributed by atoms with Crippen LogP contribution in [0, 0.1) is 23.7 Å². The fraction of sp³-hybridized carbons (Fsp3) is 1.00. The molecule has 4 rings (SSSR count). The molecular weight excluding hydrogens is 312 g/mol. The molecule has 0 aromatic rings. The summed E-state index contributed by atoms with van der Waals surface area (Å²) in [7, 11) is 0. The van der Waals surface area contributed by atoms with Crippen LogP contribution in [0.15, 0.2) is 0 Å². The second-order valence-electron chi connectivity index (χ2n) is 10.5. The minimum absolute atomic E-state index is 1.12. The van der Waals surface area contributed by atoms with Crippen LogP contribution in [-0.2, 0) is 0 Å². The van der Waals surface area contributed by atoms with E-state index in [2.05, 4.69) is 0 Å². The highest BCUT2D eigenvalue weighted by atomic mass is 14.3. The molecule has 0 heterocycles. The lowest BCUT2D eigenvalue weighted by atomic mass is 9.78. The molecular formula is C26H48. The highest BCUT2D eigenvalue weighted by molar-refractivity contribution is 4.74. The van der Waals surface area contributed by atoms with Crippen LogP contribution in [0.5, 0.6) is 0 Å². The Morgan fingerprint density at radius 1 is 0.269 bits per heavy atom. The normalized spacial score (nSPS) is 27.7. The molecule has 0 heteroatoms. The first-order chi connectivity index (χ1) is 12.9. The first-order valence-corrected chi connectivity index (χ1v) is 12.9. The molecule has 4 fully saturated rings. The minimum Gasteiger partial charge on any atom is -0.0533 e. The molecule has 4 saturated carbocycles. The maximum absolute atomic E-state index is 1.58. The summed E-state index contributed by atoms with van der Waals surface area (Å²) >= 11 is 0. The van der Waals surface area contributed by atoms with Crippen molar-refractivity contribution in [2.24, 2.45) is 23.7 Å². The van der Waals surface area contributed by atoms with Crippen LogP contribution in [0.2, 0.25) is 0 Å². The monoisotopic (exact) mass is 360 g/mol. The van der Waals surface area contributed by atoms with Gasteiger partial charge in [0.1, 0.15) is 0 Å². The third kappa shape index (κ3) is 7.93. The molecule has 0 aromatic carbocycles. The summed E-state index contributed by atoms with van der Waals surface area (Å²) in [6, 6.07) is 0. The van der Waals surface area contributed by atoms with Crippen molar-refractivity contribution >= 4 is 0 Å². The van der Waals surface area contributed by atoms with E-state index in [4.69, 9.17) is 0 Å². The lowest BCUT2D eigenvalue weighted by molar-refractivity contribution is 0.244. The van der Waals surface area contributed by atoms with Crippen LogP contribution in [-0.4, -0.2) is 0 Å². The van der Waals surface area contributed by atoms with Crippen molar-refractivity contribution in [2.75, 3.05) is 0 Å². The van der Waals surface area contributed by atoms with Crippen molar-refractivity contribution in [3.63, 3.8) is 0 Å². The van der Waals surface area contributed by atoms with E-state index in [1.807, 2.05) is 0 Å². The lowest BCUT2D eigenvalue weighted by Gasteiger charge is -2.28. The van der Waals surface area contributed by atoms with Gasteiger partial charge in [0, 0.05) is 0 Å². The Bertz CT molecular complexity index is 256. The molecule has 0 spiro atoms. The molecule has 0 atom stereocenters. The van der Waals surface area contributed by atoms with Crippen molar-refractivity contribution in [1.82, 2.24) is 0 Å². The van der Waals surface area contributed by atoms with Crippen LogP contribution in [0.1, 0.15) is 141 Å². The molecule has 0 amide bonds. The van der Waals surface area contributed by atoms with Crippen molar-refractivity contribution in [3.8, 4) is 0 Å². The molecule has 152 valence electrons. The molecule has 4 aliphatic carbocycles. The first-order valence-electron chi connectivity index (χ1n) is 12.9. The van der Waals surface area contributed by atoms with Crippen molar-refractivity contribution in [3.05, 3.63) is 0 Å². The second-order valence-corrected chi connectivity index (χ2v) is 10.5. The van der Waals surface area contributed by atoms with Crippen LogP contribution in [0.25, 0.3) is 0 Å². The zero-order chi connectivity index (χ0) is 17.9. The Kier molecular flexibility index (Phi) is 9.93. The molecule has 0 N–H and O–H groups in total. The van der Waals surface area contributed by atoms with Gasteiger partial charge >= 0.3 is 0 Å². The average molecular weight is 361 g/mol. The van der Waals surface area contributed by atoms with E-state index in [9.17, 15) is 0 Å². The van der Waals surface area contributed by atoms with Crippen molar-refractivity contribution < 1.29 is 0 Å². The summed E-state index contributed by atoms with van der Waals surface area (Å²) in [5, 5.41) is 0. The molecule has 0 bridgehead atoms. The van der Waals surface area contributed by atoms with Gasteiger partial charge in [-0.3, -0.25) is 0 Å². The molecule has 0 radical (unpaired) electrons. The summed E-state index contributed by atoms with van der Waals surface area (Å²) in [5.41, 5.74) is 0. The van der Waals surface area contributed by atoms with Gasteiger partial charge in [-0.25, -0.2) is 0 Å². The highest BCUT2D eigenvalue weighted by Crippen LogP contribution is 2.36. The third-order valence-corrected chi connectivity index (χ3v) is 8.23. The first kappa shape index (κ1) is 20.7. The Morgan fingerprint density at radius 3 is 0.654 bits per heavy atom. The van der Waals surface area contributed by atoms with Crippen molar-refractivity contribution in [1.29, 1.82) is 0 Å². The van der Waals surface area contributed by atoms with Gasteiger partial charge in [0.25, 0.3) is 0 Å². The van der Waals surface area contributed by atoms with Gasteiger partial charge in [0.15, 0.2) is 0 Å². The predicted molar refractivity (Wildman–Crippen MR) is 116 cm³/mol. The molecule has 0 unspecified atom stereocenters. The SMILES string of the molecule is C1CCC(CC2CCCCC2)CC1.C1CCC(CC2CCCCC2)CC1. The summed E-state index contributed by atoms with van der Waals surface area (Å²) in [6.45, 7) is 0. The fourth-order valence-corrected chi connectivity index (χ4v) is 6.63. The van der Waals surface area contributed by atoms with Crippen LogP contribution in [0.3, 0.4) is 0 Å². The third-order valence-electron chi connectivity index (χ3n) is 8.23. The van der Waals surface area contributed by atoms with Crippen molar-refractivity contribution in [2.45, 2.75) is 141 Å². The van der Waals surface area contributed by atoms with Crippen LogP contribution in [0.4, 0.5) is 0 Å². The van der Waals surface area contributed by atoms with E-state index in [0.29, 0.717) is 0 Å². The van der Waals surface area contributed by atoms with Crippen LogP contribution < -0.4 is 0 Å². The highest BCUT2D eigenvalue weighted by Gasteiger charge is 2.21. The predicted octanol–water partition coefficient (Wildman–Crippen LogP) is 9.07. The zero-order valence-corrected chi connectivity index (χ0v) is 17.9. The Hall–Kier alpha value is 0. The topological polar surface area (TPSA) is 0 Å². The maximum Gasteiger partial charge on any atom is -0.0412 e. The molecule has 0 saturated heterocycles. The summed E-state index contributed by atoms with van der Waals surface area (Å²) in [4.78, 5) is 0. The fourth-order valence-electron chi connectivity index (χ4n) is 6.63. The molecule has 4 aliphatic rings. The van der Waals surface area contributed by atoms with Gasteiger partial charge in [-0.1, -0.05) is 128 Å². The molecule has 0 nitrogen and oxygen atoms in total. The lowest BCUT2D eigenvalue weighted by Crippen LogP contribution is -2.14. The molecule has 0 aromatic heterocycles. The van der Waals surface area contributed by atoms with E-state index in [1.165, 1.54) is 77.0 Å². The Labute approximate surface area is 165 Å². The molecule has 0 aliphatic heterocycles. The van der Waals surface area contributed by atoms with Gasteiger partial charge in [0.05, 0.1) is 0 Å². The smallest absolute Gasteiger partial charge is 0.0412 e. The largest absolute Gasteiger partial charge is 0.0533 e. The van der Waals surface area contributed by atoms with Gasteiger partial charge in [0.2, 0.25) is 0 Å². The maximum atomic E-state index is 1.58. The van der Waals surface area contributed by atoms with E-state index in [0.717, 1.165) is 23.7 Å². The van der Waals surface area contributed by atoms with Gasteiger partial charge in [-0.2, -0.15) is 0 Å². The summed E-state index contributed by atoms with van der Waals surface area (Å²) in [6.07, 6.45) is 33.8. The number of hydrogen-bond acceptors (Lipinski definition) is 0. The molecule has 26 heavy (non-hydrogen) atoms. The average Bonchev–Trinajstić information content (AvgIpc) is 2.72. The van der Waals surface area contributed by atoms with Gasteiger partial charge in [-0.15, -0.1) is 0 Å². The van der Waals surface area contributed by atoms with Gasteiger partial charge < -0.3 is 0 Å². The van der Waals surface area contributed by atoms with E-state index < -0.39 is 0 Å². The second kappa shape index (κ2) is 12.5. The zero-order valence-electron chi connectivity index (χ0n) is 17.9. The standard InChI is InChI=1S/2C13H24/c2*1-3-7-12(8-4-1)11-13-9-5-2-6-10-13/h2*12-13H,1-11H2. The number of hydrogen-bond donors (Lipinski definition) is 0. The quantitative estimate of drug-likeness (QED) is 0.469. The number of rotatable bonds is 4. The van der Waals surface area contributed by atoms with Gasteiger partial charge in [-0.05, 0) is 36.5 Å². The summed E-state index contributed by atoms with van der Waals surface area (Å²) in [5.74, 6) is 4.49.